The van der Waals surface area contributed by atoms with Gasteiger partial charge < -0.3 is 15.0 Å². The fraction of sp³-hybridized carbons (Fsp3) is 0.364. The van der Waals surface area contributed by atoms with Crippen molar-refractivity contribution < 1.29 is 22.7 Å². The van der Waals surface area contributed by atoms with Crippen molar-refractivity contribution in [1.82, 2.24) is 9.21 Å². The number of hydrogen-bond donors (Lipinski definition) is 1. The van der Waals surface area contributed by atoms with E-state index in [0.29, 0.717) is 24.5 Å². The zero-order valence-corrected chi connectivity index (χ0v) is 18.5. The van der Waals surface area contributed by atoms with E-state index < -0.39 is 15.9 Å². The third-order valence-corrected chi connectivity index (χ3v) is 6.99. The number of benzene rings is 2. The van der Waals surface area contributed by atoms with E-state index in [-0.39, 0.29) is 23.0 Å². The van der Waals surface area contributed by atoms with Gasteiger partial charge in [-0.05, 0) is 49.2 Å². The summed E-state index contributed by atoms with van der Waals surface area (Å²) in [5.74, 6) is -0.183. The normalized spacial score (nSPS) is 14.6. The lowest BCUT2D eigenvalue weighted by molar-refractivity contribution is -0.130. The molecule has 0 bridgehead atoms. The first-order valence-corrected chi connectivity index (χ1v) is 11.6. The third-order valence-electron chi connectivity index (χ3n) is 5.04. The number of anilines is 1. The summed E-state index contributed by atoms with van der Waals surface area (Å²) in [6, 6.07) is 12.8. The zero-order valence-electron chi connectivity index (χ0n) is 17.7. The molecule has 0 aliphatic carbocycles. The Balaban J connectivity index is 1.72. The monoisotopic (exact) mass is 445 g/mol. The summed E-state index contributed by atoms with van der Waals surface area (Å²) in [6.45, 7) is 0.854. The third kappa shape index (κ3) is 5.62. The van der Waals surface area contributed by atoms with E-state index in [1.54, 1.807) is 50.5 Å². The predicted octanol–water partition coefficient (Wildman–Crippen LogP) is 2.58. The molecule has 1 fully saturated rings. The number of carbonyl (C=O) groups is 2. The highest BCUT2D eigenvalue weighted by Gasteiger charge is 2.29. The van der Waals surface area contributed by atoms with Crippen molar-refractivity contribution in [2.45, 2.75) is 24.2 Å². The highest BCUT2D eigenvalue weighted by Crippen LogP contribution is 2.25. The van der Waals surface area contributed by atoms with Crippen LogP contribution in [0.2, 0.25) is 0 Å². The lowest BCUT2D eigenvalue weighted by atomic mass is 10.2. The Kier molecular flexibility index (Phi) is 7.29. The number of carbonyl (C=O) groups excluding carboxylic acids is 2. The largest absolute Gasteiger partial charge is 0.484 e. The van der Waals surface area contributed by atoms with Gasteiger partial charge in [-0.15, -0.1) is 0 Å². The smallest absolute Gasteiger partial charge is 0.259 e. The Hall–Kier alpha value is -2.91. The van der Waals surface area contributed by atoms with Gasteiger partial charge in [0.15, 0.2) is 6.61 Å². The van der Waals surface area contributed by atoms with Gasteiger partial charge in [-0.3, -0.25) is 9.59 Å². The van der Waals surface area contributed by atoms with E-state index in [1.165, 1.54) is 21.3 Å². The van der Waals surface area contributed by atoms with E-state index in [4.69, 9.17) is 4.74 Å². The van der Waals surface area contributed by atoms with E-state index in [1.807, 2.05) is 0 Å². The van der Waals surface area contributed by atoms with E-state index in [2.05, 4.69) is 5.32 Å². The average Bonchev–Trinajstić information content (AvgIpc) is 2.78. The molecular weight excluding hydrogens is 418 g/mol. The second-order valence-corrected chi connectivity index (χ2v) is 9.42. The number of piperidine rings is 1. The van der Waals surface area contributed by atoms with Crippen LogP contribution < -0.4 is 10.1 Å². The first-order valence-electron chi connectivity index (χ1n) is 10.1. The Bertz CT molecular complexity index is 1030. The summed E-state index contributed by atoms with van der Waals surface area (Å²) < 4.78 is 33.0. The van der Waals surface area contributed by atoms with Crippen LogP contribution in [-0.4, -0.2) is 63.2 Å². The highest BCUT2D eigenvalue weighted by atomic mass is 32.2. The number of nitrogens with zero attached hydrogens (tertiary/aromatic N) is 2. The van der Waals surface area contributed by atoms with Crippen LogP contribution in [0.3, 0.4) is 0 Å². The topological polar surface area (TPSA) is 96.0 Å². The molecule has 0 spiro atoms. The minimum absolute atomic E-state index is 0.0107. The quantitative estimate of drug-likeness (QED) is 0.707. The molecule has 1 heterocycles. The van der Waals surface area contributed by atoms with E-state index >= 15 is 0 Å². The van der Waals surface area contributed by atoms with E-state index in [0.717, 1.165) is 19.3 Å². The van der Waals surface area contributed by atoms with Crippen LogP contribution in [0, 0.1) is 0 Å². The molecule has 0 aromatic heterocycles. The second-order valence-electron chi connectivity index (χ2n) is 7.52. The van der Waals surface area contributed by atoms with Gasteiger partial charge in [-0.2, -0.15) is 4.31 Å². The van der Waals surface area contributed by atoms with Gasteiger partial charge >= 0.3 is 0 Å². The molecule has 8 nitrogen and oxygen atoms in total. The lowest BCUT2D eigenvalue weighted by Gasteiger charge is -2.26. The van der Waals surface area contributed by atoms with Crippen LogP contribution in [0.5, 0.6) is 5.75 Å². The summed E-state index contributed by atoms with van der Waals surface area (Å²) in [7, 11) is -0.450. The molecule has 0 radical (unpaired) electrons. The summed E-state index contributed by atoms with van der Waals surface area (Å²) in [4.78, 5) is 25.9. The molecule has 1 aliphatic heterocycles. The minimum atomic E-state index is -3.74. The molecule has 3 rings (SSSR count). The molecule has 2 aromatic rings. The number of rotatable bonds is 7. The van der Waals surface area contributed by atoms with E-state index in [9.17, 15) is 18.0 Å². The van der Waals surface area contributed by atoms with Gasteiger partial charge in [-0.25, -0.2) is 8.42 Å². The summed E-state index contributed by atoms with van der Waals surface area (Å²) >= 11 is 0. The van der Waals surface area contributed by atoms with Gasteiger partial charge in [0, 0.05) is 32.9 Å². The Morgan fingerprint density at radius 1 is 1.00 bits per heavy atom. The number of amides is 2. The molecule has 31 heavy (non-hydrogen) atoms. The van der Waals surface area contributed by atoms with Crippen molar-refractivity contribution in [2.75, 3.05) is 39.1 Å². The minimum Gasteiger partial charge on any atom is -0.484 e. The number of ether oxygens (including phenoxy) is 1. The van der Waals surface area contributed by atoms with Crippen molar-refractivity contribution >= 4 is 27.5 Å². The standard InChI is InChI=1S/C22H27N3O5S/c1-24(2)21(26)16-30-18-12-10-17(11-13-18)23-22(27)19-8-4-5-9-20(19)31(28,29)25-14-6-3-7-15-25/h4-5,8-13H,3,6-7,14-16H2,1-2H3,(H,23,27). The summed E-state index contributed by atoms with van der Waals surface area (Å²) in [6.07, 6.45) is 2.65. The van der Waals surface area contributed by atoms with Crippen LogP contribution in [-0.2, 0) is 14.8 Å². The molecule has 166 valence electrons. The van der Waals surface area contributed by atoms with Crippen molar-refractivity contribution in [3.8, 4) is 5.75 Å². The average molecular weight is 446 g/mol. The molecule has 0 atom stereocenters. The highest BCUT2D eigenvalue weighted by molar-refractivity contribution is 7.89. The summed E-state index contributed by atoms with van der Waals surface area (Å²) in [5, 5.41) is 2.73. The van der Waals surface area contributed by atoms with Crippen LogP contribution in [0.25, 0.3) is 0 Å². The van der Waals surface area contributed by atoms with Crippen molar-refractivity contribution in [3.63, 3.8) is 0 Å². The molecule has 1 N–H and O–H groups in total. The predicted molar refractivity (Wildman–Crippen MR) is 118 cm³/mol. The zero-order chi connectivity index (χ0) is 22.4. The Morgan fingerprint density at radius 2 is 1.65 bits per heavy atom. The molecule has 0 saturated carbocycles. The van der Waals surface area contributed by atoms with Crippen LogP contribution >= 0.6 is 0 Å². The number of sulfonamides is 1. The van der Waals surface area contributed by atoms with Crippen LogP contribution in [0.15, 0.2) is 53.4 Å². The lowest BCUT2D eigenvalue weighted by Crippen LogP contribution is -2.36. The molecule has 2 aromatic carbocycles. The van der Waals surface area contributed by atoms with Gasteiger partial charge in [0.1, 0.15) is 5.75 Å². The van der Waals surface area contributed by atoms with Crippen LogP contribution in [0.1, 0.15) is 29.6 Å². The molecular formula is C22H27N3O5S. The Labute approximate surface area is 182 Å². The summed E-state index contributed by atoms with van der Waals surface area (Å²) in [5.41, 5.74) is 0.589. The maximum atomic E-state index is 13.1. The number of nitrogens with one attached hydrogen (secondary N) is 1. The number of hydrogen-bond acceptors (Lipinski definition) is 5. The van der Waals surface area contributed by atoms with Crippen molar-refractivity contribution in [1.29, 1.82) is 0 Å². The van der Waals surface area contributed by atoms with Gasteiger partial charge in [0.05, 0.1) is 10.5 Å². The maximum absolute atomic E-state index is 13.1. The van der Waals surface area contributed by atoms with Crippen LogP contribution in [0.4, 0.5) is 5.69 Å². The Morgan fingerprint density at radius 3 is 2.29 bits per heavy atom. The SMILES string of the molecule is CN(C)C(=O)COc1ccc(NC(=O)c2ccccc2S(=O)(=O)N2CCCCC2)cc1. The van der Waals surface area contributed by atoms with Gasteiger partial charge in [-0.1, -0.05) is 18.6 Å². The molecule has 0 unspecified atom stereocenters. The fourth-order valence-corrected chi connectivity index (χ4v) is 4.94. The number of likely N-dealkylation sites (N-methyl/N-ethyl adjacent to an activating group) is 1. The molecule has 9 heteroatoms. The van der Waals surface area contributed by atoms with Gasteiger partial charge in [0.2, 0.25) is 10.0 Å². The van der Waals surface area contributed by atoms with Gasteiger partial charge in [0.25, 0.3) is 11.8 Å². The van der Waals surface area contributed by atoms with Crippen molar-refractivity contribution in [3.05, 3.63) is 54.1 Å². The first kappa shape index (κ1) is 22.8. The molecule has 1 aliphatic rings. The maximum Gasteiger partial charge on any atom is 0.259 e. The first-order chi connectivity index (χ1) is 14.8. The molecule has 2 amide bonds. The second kappa shape index (κ2) is 9.93. The van der Waals surface area contributed by atoms with Crippen molar-refractivity contribution in [2.24, 2.45) is 0 Å². The fourth-order valence-electron chi connectivity index (χ4n) is 3.23. The molecule has 1 saturated heterocycles.